The van der Waals surface area contributed by atoms with E-state index in [0.717, 1.165) is 50.7 Å². The molecule has 3 aromatic rings. The highest BCUT2D eigenvalue weighted by atomic mass is 15.2. The summed E-state index contributed by atoms with van der Waals surface area (Å²) in [7, 11) is 1.82. The SMILES string of the molecule is CN=C(NCCCCn1ccnc1C)NCCc1c[nH]c2cc(C)ccc12. The fraction of sp³-hybridized carbons (Fsp3) is 0.429. The molecule has 144 valence electrons. The molecule has 0 atom stereocenters. The van der Waals surface area contributed by atoms with Crippen molar-refractivity contribution in [1.29, 1.82) is 0 Å². The lowest BCUT2D eigenvalue weighted by atomic mass is 10.1. The first-order valence-electron chi connectivity index (χ1n) is 9.66. The van der Waals surface area contributed by atoms with E-state index in [0.29, 0.717) is 0 Å². The third kappa shape index (κ3) is 5.12. The molecule has 2 heterocycles. The van der Waals surface area contributed by atoms with E-state index in [2.05, 4.69) is 61.5 Å². The smallest absolute Gasteiger partial charge is 0.190 e. The molecular weight excluding hydrogens is 336 g/mol. The number of hydrogen-bond acceptors (Lipinski definition) is 2. The van der Waals surface area contributed by atoms with Crippen LogP contribution in [-0.2, 0) is 13.0 Å². The number of fused-ring (bicyclic) bond motifs is 1. The molecular formula is C21H30N6. The predicted octanol–water partition coefficient (Wildman–Crippen LogP) is 3.17. The summed E-state index contributed by atoms with van der Waals surface area (Å²) in [4.78, 5) is 11.9. The molecule has 27 heavy (non-hydrogen) atoms. The minimum absolute atomic E-state index is 0.856. The van der Waals surface area contributed by atoms with Gasteiger partial charge in [-0.3, -0.25) is 4.99 Å². The average molecular weight is 367 g/mol. The molecule has 0 aliphatic heterocycles. The third-order valence-electron chi connectivity index (χ3n) is 4.88. The van der Waals surface area contributed by atoms with Gasteiger partial charge in [0.1, 0.15) is 5.82 Å². The van der Waals surface area contributed by atoms with Crippen molar-refractivity contribution in [2.75, 3.05) is 20.1 Å². The monoisotopic (exact) mass is 366 g/mol. The van der Waals surface area contributed by atoms with E-state index in [1.807, 2.05) is 26.4 Å². The van der Waals surface area contributed by atoms with Gasteiger partial charge >= 0.3 is 0 Å². The second-order valence-corrected chi connectivity index (χ2v) is 6.91. The van der Waals surface area contributed by atoms with Crippen LogP contribution in [0.3, 0.4) is 0 Å². The van der Waals surface area contributed by atoms with Crippen molar-refractivity contribution in [3.8, 4) is 0 Å². The molecule has 0 amide bonds. The number of hydrogen-bond donors (Lipinski definition) is 3. The zero-order chi connectivity index (χ0) is 19.1. The number of aromatic amines is 1. The van der Waals surface area contributed by atoms with Gasteiger partial charge in [-0.15, -0.1) is 0 Å². The highest BCUT2D eigenvalue weighted by Crippen LogP contribution is 2.19. The summed E-state index contributed by atoms with van der Waals surface area (Å²) < 4.78 is 2.19. The summed E-state index contributed by atoms with van der Waals surface area (Å²) in [5.74, 6) is 1.94. The minimum atomic E-state index is 0.856. The van der Waals surface area contributed by atoms with Gasteiger partial charge in [-0.2, -0.15) is 0 Å². The number of aliphatic imine (C=N–C) groups is 1. The maximum absolute atomic E-state index is 4.31. The van der Waals surface area contributed by atoms with E-state index in [-0.39, 0.29) is 0 Å². The summed E-state index contributed by atoms with van der Waals surface area (Å²) >= 11 is 0. The van der Waals surface area contributed by atoms with Crippen molar-refractivity contribution in [3.05, 3.63) is 53.7 Å². The normalized spacial score (nSPS) is 11.9. The van der Waals surface area contributed by atoms with Gasteiger partial charge < -0.3 is 20.2 Å². The molecule has 0 aliphatic rings. The molecule has 0 aliphatic carbocycles. The predicted molar refractivity (Wildman–Crippen MR) is 112 cm³/mol. The van der Waals surface area contributed by atoms with Gasteiger partial charge in [-0.1, -0.05) is 12.1 Å². The Morgan fingerprint density at radius 3 is 2.81 bits per heavy atom. The number of nitrogens with one attached hydrogen (secondary N) is 3. The second kappa shape index (κ2) is 9.26. The van der Waals surface area contributed by atoms with Gasteiger partial charge in [0.25, 0.3) is 0 Å². The Kier molecular flexibility index (Phi) is 6.52. The Bertz CT molecular complexity index is 889. The van der Waals surface area contributed by atoms with Crippen molar-refractivity contribution in [2.24, 2.45) is 4.99 Å². The number of aromatic nitrogens is 3. The third-order valence-corrected chi connectivity index (χ3v) is 4.88. The zero-order valence-corrected chi connectivity index (χ0v) is 16.5. The molecule has 0 spiro atoms. The summed E-state index contributed by atoms with van der Waals surface area (Å²) in [6.45, 7) is 6.95. The maximum Gasteiger partial charge on any atom is 0.190 e. The molecule has 6 nitrogen and oxygen atoms in total. The fourth-order valence-corrected chi connectivity index (χ4v) is 3.30. The number of imidazole rings is 1. The molecule has 0 bridgehead atoms. The van der Waals surface area contributed by atoms with Crippen molar-refractivity contribution in [2.45, 2.75) is 39.7 Å². The van der Waals surface area contributed by atoms with Crippen LogP contribution in [-0.4, -0.2) is 40.6 Å². The van der Waals surface area contributed by atoms with E-state index in [4.69, 9.17) is 0 Å². The molecule has 3 N–H and O–H groups in total. The highest BCUT2D eigenvalue weighted by Gasteiger charge is 2.04. The van der Waals surface area contributed by atoms with Crippen LogP contribution in [0, 0.1) is 13.8 Å². The van der Waals surface area contributed by atoms with Crippen molar-refractivity contribution in [1.82, 2.24) is 25.2 Å². The Morgan fingerprint density at radius 2 is 2.04 bits per heavy atom. The van der Waals surface area contributed by atoms with Crippen LogP contribution >= 0.6 is 0 Å². The Morgan fingerprint density at radius 1 is 1.19 bits per heavy atom. The lowest BCUT2D eigenvalue weighted by Crippen LogP contribution is -2.38. The van der Waals surface area contributed by atoms with E-state index < -0.39 is 0 Å². The van der Waals surface area contributed by atoms with Gasteiger partial charge in [0.05, 0.1) is 0 Å². The van der Waals surface area contributed by atoms with Crippen molar-refractivity contribution < 1.29 is 0 Å². The first-order chi connectivity index (χ1) is 13.2. The Balaban J connectivity index is 1.37. The van der Waals surface area contributed by atoms with Gasteiger partial charge in [-0.25, -0.2) is 4.98 Å². The molecule has 0 radical (unpaired) electrons. The topological polar surface area (TPSA) is 70.0 Å². The fourth-order valence-electron chi connectivity index (χ4n) is 3.30. The van der Waals surface area contributed by atoms with E-state index in [1.165, 1.54) is 22.0 Å². The van der Waals surface area contributed by atoms with Gasteiger partial charge in [-0.05, 0) is 50.3 Å². The summed E-state index contributed by atoms with van der Waals surface area (Å²) in [6, 6.07) is 6.56. The summed E-state index contributed by atoms with van der Waals surface area (Å²) in [5.41, 5.74) is 3.83. The van der Waals surface area contributed by atoms with E-state index >= 15 is 0 Å². The lowest BCUT2D eigenvalue weighted by molar-refractivity contribution is 0.588. The highest BCUT2D eigenvalue weighted by molar-refractivity contribution is 5.84. The molecule has 0 fully saturated rings. The number of rotatable bonds is 8. The lowest BCUT2D eigenvalue weighted by Gasteiger charge is -2.12. The standard InChI is InChI=1S/C21H30N6/c1-16-6-7-19-18(15-26-20(19)14-16)8-10-25-21(22-3)24-9-4-5-12-27-13-11-23-17(27)2/h6-7,11,13-15,26H,4-5,8-10,12H2,1-3H3,(H2,22,24,25). The van der Waals surface area contributed by atoms with Crippen LogP contribution in [0.5, 0.6) is 0 Å². The zero-order valence-electron chi connectivity index (χ0n) is 16.5. The van der Waals surface area contributed by atoms with Crippen LogP contribution in [0.4, 0.5) is 0 Å². The van der Waals surface area contributed by atoms with Gasteiger partial charge in [0.2, 0.25) is 0 Å². The van der Waals surface area contributed by atoms with E-state index in [9.17, 15) is 0 Å². The van der Waals surface area contributed by atoms with Crippen LogP contribution < -0.4 is 10.6 Å². The number of H-pyrrole nitrogens is 1. The maximum atomic E-state index is 4.31. The molecule has 0 saturated carbocycles. The van der Waals surface area contributed by atoms with Crippen LogP contribution in [0.2, 0.25) is 0 Å². The molecule has 6 heteroatoms. The molecule has 2 aromatic heterocycles. The summed E-state index contributed by atoms with van der Waals surface area (Å²) in [5, 5.41) is 8.11. The number of aryl methyl sites for hydroxylation is 3. The first-order valence-corrected chi connectivity index (χ1v) is 9.66. The largest absolute Gasteiger partial charge is 0.361 e. The molecule has 0 saturated heterocycles. The summed E-state index contributed by atoms with van der Waals surface area (Å²) in [6.07, 6.45) is 9.18. The van der Waals surface area contributed by atoms with Crippen molar-refractivity contribution >= 4 is 16.9 Å². The van der Waals surface area contributed by atoms with Gasteiger partial charge in [0.15, 0.2) is 5.96 Å². The molecule has 0 unspecified atom stereocenters. The average Bonchev–Trinajstić information content (AvgIpc) is 3.25. The quantitative estimate of drug-likeness (QED) is 0.326. The second-order valence-electron chi connectivity index (χ2n) is 6.91. The Labute approximate surface area is 161 Å². The number of nitrogens with zero attached hydrogens (tertiary/aromatic N) is 3. The molecule has 3 rings (SSSR count). The number of unbranched alkanes of at least 4 members (excludes halogenated alkanes) is 1. The number of benzene rings is 1. The van der Waals surface area contributed by atoms with Crippen LogP contribution in [0.25, 0.3) is 10.9 Å². The Hall–Kier alpha value is -2.76. The van der Waals surface area contributed by atoms with Crippen LogP contribution in [0.15, 0.2) is 41.8 Å². The van der Waals surface area contributed by atoms with Gasteiger partial charge in [0, 0.05) is 56.2 Å². The first kappa shape index (κ1) is 19.0. The van der Waals surface area contributed by atoms with Crippen LogP contribution in [0.1, 0.15) is 29.8 Å². The number of guanidine groups is 1. The van der Waals surface area contributed by atoms with E-state index in [1.54, 1.807) is 0 Å². The molecule has 1 aromatic carbocycles. The van der Waals surface area contributed by atoms with Crippen molar-refractivity contribution in [3.63, 3.8) is 0 Å². The minimum Gasteiger partial charge on any atom is -0.361 e.